The Kier molecular flexibility index (Phi) is 3.17. The maximum atomic E-state index is 13.0. The number of amides is 1. The Morgan fingerprint density at radius 1 is 1.36 bits per heavy atom. The minimum Gasteiger partial charge on any atom is -0.297 e. The fourth-order valence-electron chi connectivity index (χ4n) is 1.15. The summed E-state index contributed by atoms with van der Waals surface area (Å²) in [6.07, 6.45) is -0.479. The Morgan fingerprint density at radius 3 is 2.43 bits per heavy atom. The summed E-state index contributed by atoms with van der Waals surface area (Å²) in [6.45, 7) is 1.07. The Labute approximate surface area is 80.9 Å². The van der Waals surface area contributed by atoms with E-state index in [1.807, 2.05) is 0 Å². The van der Waals surface area contributed by atoms with E-state index >= 15 is 0 Å². The number of halogens is 2. The number of hydrogen-bond acceptors (Lipinski definition) is 1. The lowest BCUT2D eigenvalue weighted by Crippen LogP contribution is -2.41. The quantitative estimate of drug-likeness (QED) is 0.741. The molecule has 0 spiro atoms. The van der Waals surface area contributed by atoms with E-state index < -0.39 is 18.4 Å². The lowest BCUT2D eigenvalue weighted by molar-refractivity contribution is -0.130. The minimum absolute atomic E-state index is 0.479. The van der Waals surface area contributed by atoms with Gasteiger partial charge in [-0.3, -0.25) is 10.1 Å². The van der Waals surface area contributed by atoms with Gasteiger partial charge < -0.3 is 0 Å². The number of hydrogen-bond donors (Lipinski definition) is 1. The van der Waals surface area contributed by atoms with Gasteiger partial charge in [0.05, 0.1) is 6.42 Å². The molecule has 1 aromatic carbocycles. The van der Waals surface area contributed by atoms with Crippen molar-refractivity contribution in [3.8, 4) is 0 Å². The van der Waals surface area contributed by atoms with Crippen molar-refractivity contribution >= 4 is 5.91 Å². The third-order valence-corrected chi connectivity index (χ3v) is 1.63. The SMILES string of the molecule is CC(=O)NC(F)(F)Cc1ccccc1. The van der Waals surface area contributed by atoms with Gasteiger partial charge in [-0.2, -0.15) is 8.78 Å². The molecule has 14 heavy (non-hydrogen) atoms. The smallest absolute Gasteiger partial charge is 0.297 e. The molecule has 0 heterocycles. The summed E-state index contributed by atoms with van der Waals surface area (Å²) in [5, 5.41) is 1.60. The Balaban J connectivity index is 2.63. The predicted molar refractivity (Wildman–Crippen MR) is 48.9 cm³/mol. The van der Waals surface area contributed by atoms with Crippen LogP contribution in [0.2, 0.25) is 0 Å². The highest BCUT2D eigenvalue weighted by atomic mass is 19.3. The highest BCUT2D eigenvalue weighted by molar-refractivity contribution is 5.73. The van der Waals surface area contributed by atoms with Crippen LogP contribution in [-0.2, 0) is 11.2 Å². The molecular weight excluding hydrogens is 188 g/mol. The van der Waals surface area contributed by atoms with Crippen molar-refractivity contribution in [1.29, 1.82) is 0 Å². The van der Waals surface area contributed by atoms with Crippen molar-refractivity contribution in [2.45, 2.75) is 19.4 Å². The van der Waals surface area contributed by atoms with Gasteiger partial charge in [0.1, 0.15) is 0 Å². The van der Waals surface area contributed by atoms with Gasteiger partial charge in [0.15, 0.2) is 0 Å². The van der Waals surface area contributed by atoms with Crippen molar-refractivity contribution in [2.75, 3.05) is 0 Å². The summed E-state index contributed by atoms with van der Waals surface area (Å²) in [5.41, 5.74) is 0.492. The lowest BCUT2D eigenvalue weighted by Gasteiger charge is -2.16. The first-order valence-corrected chi connectivity index (χ1v) is 4.20. The molecule has 1 rings (SSSR count). The molecule has 0 aliphatic carbocycles. The molecule has 0 radical (unpaired) electrons. The van der Waals surface area contributed by atoms with E-state index in [-0.39, 0.29) is 0 Å². The first-order valence-electron chi connectivity index (χ1n) is 4.20. The molecule has 0 aliphatic heterocycles. The van der Waals surface area contributed by atoms with Gasteiger partial charge in [0, 0.05) is 6.92 Å². The van der Waals surface area contributed by atoms with E-state index in [2.05, 4.69) is 0 Å². The van der Waals surface area contributed by atoms with Crippen molar-refractivity contribution in [3.63, 3.8) is 0 Å². The monoisotopic (exact) mass is 199 g/mol. The van der Waals surface area contributed by atoms with Gasteiger partial charge in [0.2, 0.25) is 5.91 Å². The number of rotatable bonds is 3. The number of nitrogens with one attached hydrogen (secondary N) is 1. The molecule has 76 valence electrons. The molecule has 0 aromatic heterocycles. The normalized spacial score (nSPS) is 11.1. The summed E-state index contributed by atoms with van der Waals surface area (Å²) >= 11 is 0. The molecule has 0 bridgehead atoms. The standard InChI is InChI=1S/C10H11F2NO/c1-8(14)13-10(11,12)7-9-5-3-2-4-6-9/h2-6H,7H2,1H3,(H,13,14). The average molecular weight is 199 g/mol. The van der Waals surface area contributed by atoms with Crippen LogP contribution >= 0.6 is 0 Å². The van der Waals surface area contributed by atoms with E-state index in [4.69, 9.17) is 0 Å². The molecule has 1 aromatic rings. The molecule has 0 aliphatic rings. The molecule has 0 fully saturated rings. The summed E-state index contributed by atoms with van der Waals surface area (Å²) < 4.78 is 26.1. The van der Waals surface area contributed by atoms with E-state index in [0.29, 0.717) is 5.56 Å². The minimum atomic E-state index is -3.17. The van der Waals surface area contributed by atoms with Crippen LogP contribution in [0.15, 0.2) is 30.3 Å². The van der Waals surface area contributed by atoms with Gasteiger partial charge in [-0.1, -0.05) is 30.3 Å². The van der Waals surface area contributed by atoms with Crippen molar-refractivity contribution in [1.82, 2.24) is 5.32 Å². The van der Waals surface area contributed by atoms with Crippen molar-refractivity contribution in [3.05, 3.63) is 35.9 Å². The zero-order valence-electron chi connectivity index (χ0n) is 7.76. The predicted octanol–water partition coefficient (Wildman–Crippen LogP) is 1.96. The van der Waals surface area contributed by atoms with Crippen LogP contribution in [0.25, 0.3) is 0 Å². The molecule has 4 heteroatoms. The topological polar surface area (TPSA) is 29.1 Å². The van der Waals surface area contributed by atoms with E-state index in [0.717, 1.165) is 6.92 Å². The van der Waals surface area contributed by atoms with Crippen molar-refractivity contribution < 1.29 is 13.6 Å². The van der Waals surface area contributed by atoms with Crippen LogP contribution in [0.5, 0.6) is 0 Å². The first-order chi connectivity index (χ1) is 6.49. The van der Waals surface area contributed by atoms with Crippen LogP contribution in [0.1, 0.15) is 12.5 Å². The second-order valence-electron chi connectivity index (χ2n) is 3.05. The van der Waals surface area contributed by atoms with E-state index in [9.17, 15) is 13.6 Å². The largest absolute Gasteiger partial charge is 0.329 e. The highest BCUT2D eigenvalue weighted by Crippen LogP contribution is 2.16. The average Bonchev–Trinajstić information content (AvgIpc) is 2.02. The number of carbonyl (C=O) groups excluding carboxylic acids is 1. The molecular formula is C10H11F2NO. The summed E-state index contributed by atoms with van der Waals surface area (Å²) in [5.74, 6) is -0.731. The van der Waals surface area contributed by atoms with Gasteiger partial charge in [-0.15, -0.1) is 0 Å². The number of carbonyl (C=O) groups is 1. The second-order valence-corrected chi connectivity index (χ2v) is 3.05. The zero-order chi connectivity index (χ0) is 10.6. The number of alkyl halides is 2. The third kappa shape index (κ3) is 3.51. The maximum absolute atomic E-state index is 13.0. The Bertz CT molecular complexity index is 311. The van der Waals surface area contributed by atoms with Crippen LogP contribution in [0.3, 0.4) is 0 Å². The zero-order valence-corrected chi connectivity index (χ0v) is 7.76. The molecule has 0 saturated heterocycles. The van der Waals surface area contributed by atoms with Gasteiger partial charge in [-0.25, -0.2) is 0 Å². The molecule has 0 atom stereocenters. The lowest BCUT2D eigenvalue weighted by atomic mass is 10.1. The summed E-state index contributed by atoms with van der Waals surface area (Å²) in [6, 6.07) is 5.12. The fourth-order valence-corrected chi connectivity index (χ4v) is 1.15. The van der Waals surface area contributed by atoms with Crippen LogP contribution in [-0.4, -0.2) is 12.0 Å². The Morgan fingerprint density at radius 2 is 1.93 bits per heavy atom. The van der Waals surface area contributed by atoms with E-state index in [1.165, 1.54) is 0 Å². The third-order valence-electron chi connectivity index (χ3n) is 1.63. The highest BCUT2D eigenvalue weighted by Gasteiger charge is 2.29. The Hall–Kier alpha value is -1.45. The summed E-state index contributed by atoms with van der Waals surface area (Å²) in [4.78, 5) is 10.5. The molecule has 0 saturated carbocycles. The second kappa shape index (κ2) is 4.17. The van der Waals surface area contributed by atoms with Crippen LogP contribution in [0.4, 0.5) is 8.78 Å². The van der Waals surface area contributed by atoms with Crippen LogP contribution < -0.4 is 5.32 Å². The van der Waals surface area contributed by atoms with Gasteiger partial charge in [-0.05, 0) is 5.56 Å². The van der Waals surface area contributed by atoms with Gasteiger partial charge >= 0.3 is 6.05 Å². The van der Waals surface area contributed by atoms with Crippen molar-refractivity contribution in [2.24, 2.45) is 0 Å². The maximum Gasteiger partial charge on any atom is 0.329 e. The summed E-state index contributed by atoms with van der Waals surface area (Å²) in [7, 11) is 0. The first kappa shape index (κ1) is 10.6. The van der Waals surface area contributed by atoms with Crippen LogP contribution in [0, 0.1) is 0 Å². The van der Waals surface area contributed by atoms with Gasteiger partial charge in [0.25, 0.3) is 0 Å². The molecule has 1 N–H and O–H groups in total. The molecule has 2 nitrogen and oxygen atoms in total. The molecule has 1 amide bonds. The fraction of sp³-hybridized carbons (Fsp3) is 0.300. The van der Waals surface area contributed by atoms with E-state index in [1.54, 1.807) is 35.6 Å². The number of benzene rings is 1. The molecule has 0 unspecified atom stereocenters.